The maximum absolute atomic E-state index is 15.7. The van der Waals surface area contributed by atoms with E-state index in [1.54, 1.807) is 0 Å². The number of anilines is 1. The molecule has 1 saturated heterocycles. The van der Waals surface area contributed by atoms with Crippen LogP contribution in [0.25, 0.3) is 0 Å². The third-order valence-electron chi connectivity index (χ3n) is 7.51. The number of benzene rings is 1. The van der Waals surface area contributed by atoms with Crippen LogP contribution in [0.5, 0.6) is 0 Å². The number of hydrogen-bond donors (Lipinski definition) is 2. The predicted octanol–water partition coefficient (Wildman–Crippen LogP) is 3.18. The van der Waals surface area contributed by atoms with Crippen LogP contribution in [0.1, 0.15) is 60.4 Å². The Hall–Kier alpha value is -3.25. The lowest BCUT2D eigenvalue weighted by atomic mass is 9.78. The molecule has 8 nitrogen and oxygen atoms in total. The van der Waals surface area contributed by atoms with Gasteiger partial charge in [-0.1, -0.05) is 30.3 Å². The number of halogens is 1. The Morgan fingerprint density at radius 1 is 1.29 bits per heavy atom. The number of aromatic nitrogens is 2. The molecule has 0 bridgehead atoms. The molecule has 2 aliphatic rings. The van der Waals surface area contributed by atoms with Crippen LogP contribution < -0.4 is 11.1 Å². The summed E-state index contributed by atoms with van der Waals surface area (Å²) in [5.41, 5.74) is 5.59. The number of rotatable bonds is 8. The average Bonchev–Trinajstić information content (AvgIpc) is 3.27. The van der Waals surface area contributed by atoms with Crippen LogP contribution in [0.3, 0.4) is 0 Å². The molecule has 2 amide bonds. The molecular formula is C25H31FN6O2. The van der Waals surface area contributed by atoms with Gasteiger partial charge >= 0.3 is 0 Å². The van der Waals surface area contributed by atoms with Crippen molar-refractivity contribution in [1.82, 2.24) is 14.7 Å². The quantitative estimate of drug-likeness (QED) is 0.580. The number of hydrogen-bond acceptors (Lipinski definition) is 5. The van der Waals surface area contributed by atoms with E-state index < -0.39 is 17.6 Å². The Balaban J connectivity index is 1.41. The zero-order chi connectivity index (χ0) is 24.1. The van der Waals surface area contributed by atoms with Crippen molar-refractivity contribution in [3.63, 3.8) is 0 Å². The minimum absolute atomic E-state index is 0.00535. The van der Waals surface area contributed by atoms with Crippen molar-refractivity contribution in [1.29, 1.82) is 5.26 Å². The van der Waals surface area contributed by atoms with E-state index in [-0.39, 0.29) is 24.3 Å². The van der Waals surface area contributed by atoms with Crippen LogP contribution >= 0.6 is 0 Å². The van der Waals surface area contributed by atoms with E-state index >= 15 is 4.39 Å². The fraction of sp³-hybridized carbons (Fsp3) is 0.520. The number of carbonyl (C=O) groups is 2. The van der Waals surface area contributed by atoms with E-state index in [1.165, 1.54) is 16.4 Å². The van der Waals surface area contributed by atoms with Crippen molar-refractivity contribution in [3.05, 3.63) is 47.7 Å². The van der Waals surface area contributed by atoms with Crippen molar-refractivity contribution < 1.29 is 14.0 Å². The van der Waals surface area contributed by atoms with Crippen LogP contribution in [-0.4, -0.2) is 52.8 Å². The first kappa shape index (κ1) is 23.9. The van der Waals surface area contributed by atoms with Gasteiger partial charge in [0.15, 0.2) is 5.82 Å². The smallest absolute Gasteiger partial charge is 0.254 e. The Morgan fingerprint density at radius 2 is 2.03 bits per heavy atom. The number of piperidine rings is 1. The van der Waals surface area contributed by atoms with Gasteiger partial charge in [0.05, 0.1) is 12.5 Å². The summed E-state index contributed by atoms with van der Waals surface area (Å²) in [7, 11) is 0. The maximum atomic E-state index is 15.7. The van der Waals surface area contributed by atoms with Crippen LogP contribution in [-0.2, 0) is 10.3 Å². The second kappa shape index (κ2) is 10.3. The van der Waals surface area contributed by atoms with Gasteiger partial charge in [-0.05, 0) is 49.5 Å². The van der Waals surface area contributed by atoms with Gasteiger partial charge in [-0.25, -0.2) is 4.39 Å². The van der Waals surface area contributed by atoms with Gasteiger partial charge in [0.2, 0.25) is 6.41 Å². The maximum Gasteiger partial charge on any atom is 0.254 e. The minimum Gasteiger partial charge on any atom is -0.365 e. The molecule has 180 valence electrons. The van der Waals surface area contributed by atoms with E-state index in [4.69, 9.17) is 5.73 Å². The second-order valence-electron chi connectivity index (χ2n) is 9.51. The number of likely N-dealkylation sites (tertiary alicyclic amines) is 1. The Labute approximate surface area is 198 Å². The van der Waals surface area contributed by atoms with Gasteiger partial charge < -0.3 is 11.1 Å². The molecule has 1 aromatic heterocycles. The summed E-state index contributed by atoms with van der Waals surface area (Å²) in [5, 5.41) is 16.0. The highest BCUT2D eigenvalue weighted by atomic mass is 19.1. The molecule has 2 fully saturated rings. The van der Waals surface area contributed by atoms with E-state index in [0.29, 0.717) is 31.2 Å². The lowest BCUT2D eigenvalue weighted by molar-refractivity contribution is -0.105. The fourth-order valence-corrected chi connectivity index (χ4v) is 5.55. The number of nitrogens with zero attached hydrogens (tertiary/aromatic N) is 4. The summed E-state index contributed by atoms with van der Waals surface area (Å²) in [6, 6.07) is 12.7. The van der Waals surface area contributed by atoms with Gasteiger partial charge in [-0.3, -0.25) is 19.2 Å². The third-order valence-corrected chi connectivity index (χ3v) is 7.51. The standard InChI is InChI=1S/C25H31FN6O2/c26-22-16-31(14-18-6-8-20(9-7-18)19-4-2-1-3-5-19)13-11-25(22,10-12-27)32-15-21(23(28)34)24(30-32)29-17-33/h1-5,15,17-18,20,22H,6-11,13-14,16H2,(H2,28,34)(H,29,30,33). The van der Waals surface area contributed by atoms with Gasteiger partial charge in [0.25, 0.3) is 5.91 Å². The average molecular weight is 467 g/mol. The van der Waals surface area contributed by atoms with Gasteiger partial charge in [-0.2, -0.15) is 10.4 Å². The normalized spacial score (nSPS) is 27.6. The first-order chi connectivity index (χ1) is 16.5. The number of nitriles is 1. The molecule has 9 heteroatoms. The number of nitrogens with one attached hydrogen (secondary N) is 1. The number of carbonyl (C=O) groups excluding carboxylic acids is 2. The van der Waals surface area contributed by atoms with Gasteiger partial charge in [0, 0.05) is 25.8 Å². The van der Waals surface area contributed by atoms with E-state index in [2.05, 4.69) is 45.7 Å². The summed E-state index contributed by atoms with van der Waals surface area (Å²) < 4.78 is 17.1. The molecule has 1 aromatic carbocycles. The van der Waals surface area contributed by atoms with E-state index in [9.17, 15) is 14.9 Å². The van der Waals surface area contributed by atoms with Gasteiger partial charge in [0.1, 0.15) is 17.3 Å². The van der Waals surface area contributed by atoms with Crippen LogP contribution in [0.15, 0.2) is 36.5 Å². The fourth-order valence-electron chi connectivity index (χ4n) is 5.55. The second-order valence-corrected chi connectivity index (χ2v) is 9.51. The Kier molecular flexibility index (Phi) is 7.27. The Morgan fingerprint density at radius 3 is 2.65 bits per heavy atom. The summed E-state index contributed by atoms with van der Waals surface area (Å²) in [6.45, 7) is 1.67. The summed E-state index contributed by atoms with van der Waals surface area (Å²) >= 11 is 0. The molecule has 2 atom stereocenters. The molecule has 2 aromatic rings. The number of alkyl halides is 1. The molecule has 1 saturated carbocycles. The number of primary amides is 1. The summed E-state index contributed by atoms with van der Waals surface area (Å²) in [5.74, 6) is 0.334. The highest BCUT2D eigenvalue weighted by molar-refractivity contribution is 5.99. The molecule has 1 aliphatic carbocycles. The lowest BCUT2D eigenvalue weighted by Crippen LogP contribution is -2.55. The molecule has 3 N–H and O–H groups in total. The summed E-state index contributed by atoms with van der Waals surface area (Å²) in [6.07, 6.45) is 5.20. The molecule has 2 unspecified atom stereocenters. The topological polar surface area (TPSA) is 117 Å². The molecule has 2 heterocycles. The monoisotopic (exact) mass is 466 g/mol. The largest absolute Gasteiger partial charge is 0.365 e. The van der Waals surface area contributed by atoms with Gasteiger partial charge in [-0.15, -0.1) is 0 Å². The van der Waals surface area contributed by atoms with Crippen molar-refractivity contribution in [2.75, 3.05) is 25.0 Å². The summed E-state index contributed by atoms with van der Waals surface area (Å²) in [4.78, 5) is 24.8. The molecule has 4 rings (SSSR count). The van der Waals surface area contributed by atoms with Crippen LogP contribution in [0.2, 0.25) is 0 Å². The van der Waals surface area contributed by atoms with Crippen molar-refractivity contribution in [2.24, 2.45) is 11.7 Å². The first-order valence-corrected chi connectivity index (χ1v) is 11.8. The Bertz CT molecular complexity index is 1040. The zero-order valence-electron chi connectivity index (χ0n) is 19.2. The first-order valence-electron chi connectivity index (χ1n) is 11.8. The van der Waals surface area contributed by atoms with E-state index in [1.807, 2.05) is 6.07 Å². The minimum atomic E-state index is -1.36. The highest BCUT2D eigenvalue weighted by Crippen LogP contribution is 2.39. The molecule has 34 heavy (non-hydrogen) atoms. The molecule has 0 radical (unpaired) electrons. The molecular weight excluding hydrogens is 435 g/mol. The van der Waals surface area contributed by atoms with Crippen molar-refractivity contribution >= 4 is 18.1 Å². The number of nitrogens with two attached hydrogens (primary N) is 1. The molecule has 1 aliphatic heterocycles. The predicted molar refractivity (Wildman–Crippen MR) is 126 cm³/mol. The lowest BCUT2D eigenvalue weighted by Gasteiger charge is -2.44. The van der Waals surface area contributed by atoms with Crippen LogP contribution in [0, 0.1) is 17.2 Å². The van der Waals surface area contributed by atoms with Crippen molar-refractivity contribution in [3.8, 4) is 6.07 Å². The highest BCUT2D eigenvalue weighted by Gasteiger charge is 2.47. The van der Waals surface area contributed by atoms with E-state index in [0.717, 1.165) is 32.2 Å². The third kappa shape index (κ3) is 4.82. The van der Waals surface area contributed by atoms with Crippen LogP contribution in [0.4, 0.5) is 10.2 Å². The number of amides is 2. The van der Waals surface area contributed by atoms with Crippen molar-refractivity contribution in [2.45, 2.75) is 56.2 Å². The molecule has 0 spiro atoms. The zero-order valence-corrected chi connectivity index (χ0v) is 19.2. The SMILES string of the molecule is N#CCC1(n2cc(C(N)=O)c(NC=O)n2)CCN(CC2CCC(c3ccccc3)CC2)CC1F.